The topological polar surface area (TPSA) is 72.7 Å². The van der Waals surface area contributed by atoms with Crippen molar-refractivity contribution in [2.24, 2.45) is 0 Å². The van der Waals surface area contributed by atoms with E-state index in [-0.39, 0.29) is 17.1 Å². The molecule has 0 aliphatic carbocycles. The average molecular weight is 372 g/mol. The molecule has 0 radical (unpaired) electrons. The summed E-state index contributed by atoms with van der Waals surface area (Å²) in [6.07, 6.45) is 2.52. The van der Waals surface area contributed by atoms with E-state index in [1.54, 1.807) is 19.1 Å². The van der Waals surface area contributed by atoms with Gasteiger partial charge in [0, 0.05) is 19.2 Å². The Balaban J connectivity index is 1.79. The molecule has 1 saturated heterocycles. The van der Waals surface area contributed by atoms with Crippen LogP contribution in [0.5, 0.6) is 0 Å². The first-order valence-corrected chi connectivity index (χ1v) is 8.95. The quantitative estimate of drug-likeness (QED) is 0.434. The van der Waals surface area contributed by atoms with Crippen molar-refractivity contribution in [3.05, 3.63) is 69.5 Å². The van der Waals surface area contributed by atoms with Crippen LogP contribution in [0.15, 0.2) is 42.5 Å². The molecule has 3 rings (SSSR count). The molecule has 6 nitrogen and oxygen atoms in total. The molecule has 1 aliphatic heterocycles. The number of anilines is 1. The number of halogens is 1. The highest BCUT2D eigenvalue weighted by Crippen LogP contribution is 2.32. The number of carbonyl (C=O) groups excluding carboxylic acids is 1. The molecule has 27 heavy (non-hydrogen) atoms. The second-order valence-electron chi connectivity index (χ2n) is 6.61. The summed E-state index contributed by atoms with van der Waals surface area (Å²) in [7, 11) is 0. The van der Waals surface area contributed by atoms with Gasteiger partial charge in [0.05, 0.1) is 10.5 Å². The molecule has 2 aromatic rings. The van der Waals surface area contributed by atoms with E-state index < -0.39 is 17.0 Å². The molecule has 1 fully saturated rings. The SMILES string of the molecule is C[C@@H](OC(=O)c1ccc(N2CCCCC2)c([N+](=O)[O-])c1)c1ccc(F)cc1. The first kappa shape index (κ1) is 18.8. The molecule has 0 spiro atoms. The second-order valence-corrected chi connectivity index (χ2v) is 6.61. The van der Waals surface area contributed by atoms with Crippen LogP contribution in [0.2, 0.25) is 0 Å². The standard InChI is InChI=1S/C20H21FN2O4/c1-14(15-5-8-17(21)9-6-15)27-20(24)16-7-10-18(19(13-16)23(25)26)22-11-3-2-4-12-22/h5-10,13-14H,2-4,11-12H2,1H3/t14-/m1/s1. The van der Waals surface area contributed by atoms with E-state index in [2.05, 4.69) is 0 Å². The van der Waals surface area contributed by atoms with E-state index in [0.29, 0.717) is 11.3 Å². The van der Waals surface area contributed by atoms with E-state index in [1.165, 1.54) is 30.3 Å². The molecule has 7 heteroatoms. The zero-order valence-electron chi connectivity index (χ0n) is 15.1. The van der Waals surface area contributed by atoms with Gasteiger partial charge in [-0.15, -0.1) is 0 Å². The van der Waals surface area contributed by atoms with Crippen molar-refractivity contribution in [3.8, 4) is 0 Å². The van der Waals surface area contributed by atoms with E-state index in [1.807, 2.05) is 4.90 Å². The molecule has 2 aromatic carbocycles. The van der Waals surface area contributed by atoms with Crippen LogP contribution in [0.3, 0.4) is 0 Å². The Hall–Kier alpha value is -2.96. The Morgan fingerprint density at radius 3 is 2.44 bits per heavy atom. The number of carbonyl (C=O) groups is 1. The molecule has 0 aromatic heterocycles. The Labute approximate surface area is 156 Å². The summed E-state index contributed by atoms with van der Waals surface area (Å²) in [5.41, 5.74) is 1.20. The third-order valence-electron chi connectivity index (χ3n) is 4.73. The van der Waals surface area contributed by atoms with Crippen LogP contribution in [0.1, 0.15) is 48.2 Å². The lowest BCUT2D eigenvalue weighted by atomic mass is 10.1. The maximum Gasteiger partial charge on any atom is 0.338 e. The fraction of sp³-hybridized carbons (Fsp3) is 0.350. The maximum absolute atomic E-state index is 13.0. The third-order valence-corrected chi connectivity index (χ3v) is 4.73. The van der Waals surface area contributed by atoms with Crippen LogP contribution in [-0.2, 0) is 4.74 Å². The molecule has 1 heterocycles. The molecule has 1 atom stereocenters. The number of hydrogen-bond acceptors (Lipinski definition) is 5. The van der Waals surface area contributed by atoms with Gasteiger partial charge < -0.3 is 9.64 Å². The third kappa shape index (κ3) is 4.42. The highest BCUT2D eigenvalue weighted by molar-refractivity contribution is 5.91. The van der Waals surface area contributed by atoms with E-state index >= 15 is 0 Å². The van der Waals surface area contributed by atoms with Crippen LogP contribution < -0.4 is 4.90 Å². The number of esters is 1. The number of benzene rings is 2. The minimum atomic E-state index is -0.653. The van der Waals surface area contributed by atoms with Crippen molar-refractivity contribution >= 4 is 17.3 Å². The predicted molar refractivity (Wildman–Crippen MR) is 99.4 cm³/mol. The minimum Gasteiger partial charge on any atom is -0.454 e. The molecule has 142 valence electrons. The summed E-state index contributed by atoms with van der Waals surface area (Å²) in [6.45, 7) is 3.21. The molecule has 0 unspecified atom stereocenters. The summed E-state index contributed by atoms with van der Waals surface area (Å²) in [5.74, 6) is -1.03. The van der Waals surface area contributed by atoms with Gasteiger partial charge in [0.25, 0.3) is 5.69 Å². The fourth-order valence-electron chi connectivity index (χ4n) is 3.23. The van der Waals surface area contributed by atoms with Gasteiger partial charge in [0.15, 0.2) is 0 Å². The number of nitrogens with zero attached hydrogens (tertiary/aromatic N) is 2. The largest absolute Gasteiger partial charge is 0.454 e. The number of ether oxygens (including phenoxy) is 1. The molecule has 0 saturated carbocycles. The average Bonchev–Trinajstić information content (AvgIpc) is 2.68. The predicted octanol–water partition coefficient (Wildman–Crippen LogP) is 4.64. The van der Waals surface area contributed by atoms with Gasteiger partial charge in [-0.3, -0.25) is 10.1 Å². The first-order valence-electron chi connectivity index (χ1n) is 8.95. The lowest BCUT2D eigenvalue weighted by Crippen LogP contribution is -2.30. The highest BCUT2D eigenvalue weighted by Gasteiger charge is 2.24. The summed E-state index contributed by atoms with van der Waals surface area (Å²) < 4.78 is 18.4. The monoisotopic (exact) mass is 372 g/mol. The van der Waals surface area contributed by atoms with Crippen molar-refractivity contribution < 1.29 is 18.8 Å². The van der Waals surface area contributed by atoms with Gasteiger partial charge in [0.2, 0.25) is 0 Å². The fourth-order valence-corrected chi connectivity index (χ4v) is 3.23. The molecule has 0 N–H and O–H groups in total. The first-order chi connectivity index (χ1) is 13.0. The normalized spacial score (nSPS) is 15.3. The molecular formula is C20H21FN2O4. The molecule has 1 aliphatic rings. The number of hydrogen-bond donors (Lipinski definition) is 0. The molecule has 0 bridgehead atoms. The van der Waals surface area contributed by atoms with Gasteiger partial charge in [-0.25, -0.2) is 9.18 Å². The van der Waals surface area contributed by atoms with Crippen LogP contribution in [0, 0.1) is 15.9 Å². The number of nitro groups is 1. The number of piperidine rings is 1. The van der Waals surface area contributed by atoms with Crippen LogP contribution >= 0.6 is 0 Å². The number of nitro benzene ring substituents is 1. The van der Waals surface area contributed by atoms with E-state index in [9.17, 15) is 19.3 Å². The zero-order valence-corrected chi connectivity index (χ0v) is 15.1. The van der Waals surface area contributed by atoms with E-state index in [0.717, 1.165) is 32.4 Å². The highest BCUT2D eigenvalue weighted by atomic mass is 19.1. The zero-order chi connectivity index (χ0) is 19.4. The Morgan fingerprint density at radius 1 is 1.15 bits per heavy atom. The van der Waals surface area contributed by atoms with Crippen LogP contribution in [-0.4, -0.2) is 24.0 Å². The van der Waals surface area contributed by atoms with Crippen LogP contribution in [0.25, 0.3) is 0 Å². The summed E-state index contributed by atoms with van der Waals surface area (Å²) in [5, 5.41) is 11.5. The van der Waals surface area contributed by atoms with Gasteiger partial charge in [-0.2, -0.15) is 0 Å². The van der Waals surface area contributed by atoms with Crippen molar-refractivity contribution in [3.63, 3.8) is 0 Å². The smallest absolute Gasteiger partial charge is 0.338 e. The lowest BCUT2D eigenvalue weighted by Gasteiger charge is -2.28. The van der Waals surface area contributed by atoms with Crippen molar-refractivity contribution in [1.29, 1.82) is 0 Å². The Kier molecular flexibility index (Phi) is 5.69. The summed E-state index contributed by atoms with van der Waals surface area (Å²) in [6, 6.07) is 10.1. The van der Waals surface area contributed by atoms with Crippen molar-refractivity contribution in [2.75, 3.05) is 18.0 Å². The Bertz CT molecular complexity index is 832. The summed E-state index contributed by atoms with van der Waals surface area (Å²) >= 11 is 0. The van der Waals surface area contributed by atoms with E-state index in [4.69, 9.17) is 4.74 Å². The van der Waals surface area contributed by atoms with Gasteiger partial charge in [0.1, 0.15) is 17.6 Å². The van der Waals surface area contributed by atoms with Crippen molar-refractivity contribution in [1.82, 2.24) is 0 Å². The van der Waals surface area contributed by atoms with Gasteiger partial charge >= 0.3 is 5.97 Å². The van der Waals surface area contributed by atoms with Crippen molar-refractivity contribution in [2.45, 2.75) is 32.3 Å². The lowest BCUT2D eigenvalue weighted by molar-refractivity contribution is -0.384. The molecular weight excluding hydrogens is 351 g/mol. The number of rotatable bonds is 5. The summed E-state index contributed by atoms with van der Waals surface area (Å²) in [4.78, 5) is 25.4. The minimum absolute atomic E-state index is 0.0965. The second kappa shape index (κ2) is 8.16. The Morgan fingerprint density at radius 2 is 1.81 bits per heavy atom. The maximum atomic E-state index is 13.0. The van der Waals surface area contributed by atoms with Gasteiger partial charge in [-0.1, -0.05) is 12.1 Å². The van der Waals surface area contributed by atoms with Crippen LogP contribution in [0.4, 0.5) is 15.8 Å². The molecule has 0 amide bonds. The van der Waals surface area contributed by atoms with Gasteiger partial charge in [-0.05, 0) is 56.0 Å².